The Hall–Kier alpha value is -1.83. The Kier molecular flexibility index (Phi) is 7.52. The van der Waals surface area contributed by atoms with Crippen LogP contribution in [0.15, 0.2) is 24.3 Å². The SMILES string of the molecule is COCCN(C(=O)c1ccccc1C#CCCO)C(C)C. The summed E-state index contributed by atoms with van der Waals surface area (Å²) in [6, 6.07) is 7.39. The predicted molar refractivity (Wildman–Crippen MR) is 83.1 cm³/mol. The van der Waals surface area contributed by atoms with Crippen molar-refractivity contribution < 1.29 is 14.6 Å². The molecule has 0 aliphatic carbocycles. The van der Waals surface area contributed by atoms with Crippen LogP contribution in [0.4, 0.5) is 0 Å². The third kappa shape index (κ3) is 5.22. The maximum atomic E-state index is 12.7. The number of aliphatic hydroxyl groups is 1. The molecular formula is C17H23NO3. The molecule has 0 aliphatic heterocycles. The largest absolute Gasteiger partial charge is 0.395 e. The maximum absolute atomic E-state index is 12.7. The van der Waals surface area contributed by atoms with Gasteiger partial charge in [-0.3, -0.25) is 4.79 Å². The zero-order chi connectivity index (χ0) is 15.7. The lowest BCUT2D eigenvalue weighted by Crippen LogP contribution is -2.39. The average Bonchev–Trinajstić information content (AvgIpc) is 2.48. The van der Waals surface area contributed by atoms with Crippen LogP contribution in [0.25, 0.3) is 0 Å². The summed E-state index contributed by atoms with van der Waals surface area (Å²) >= 11 is 0. The van der Waals surface area contributed by atoms with Gasteiger partial charge in [0, 0.05) is 31.7 Å². The third-order valence-electron chi connectivity index (χ3n) is 3.04. The Morgan fingerprint density at radius 1 is 1.38 bits per heavy atom. The molecule has 0 aliphatic rings. The van der Waals surface area contributed by atoms with Gasteiger partial charge in [0.2, 0.25) is 0 Å². The van der Waals surface area contributed by atoms with Crippen LogP contribution < -0.4 is 0 Å². The monoisotopic (exact) mass is 289 g/mol. The van der Waals surface area contributed by atoms with Crippen LogP contribution in [-0.4, -0.2) is 48.8 Å². The average molecular weight is 289 g/mol. The van der Waals surface area contributed by atoms with Gasteiger partial charge in [-0.25, -0.2) is 0 Å². The highest BCUT2D eigenvalue weighted by Gasteiger charge is 2.20. The van der Waals surface area contributed by atoms with Gasteiger partial charge in [-0.1, -0.05) is 24.0 Å². The topological polar surface area (TPSA) is 49.8 Å². The van der Waals surface area contributed by atoms with E-state index in [1.807, 2.05) is 32.0 Å². The Morgan fingerprint density at radius 2 is 2.10 bits per heavy atom. The minimum Gasteiger partial charge on any atom is -0.395 e. The second-order valence-corrected chi connectivity index (χ2v) is 4.91. The van der Waals surface area contributed by atoms with E-state index < -0.39 is 0 Å². The van der Waals surface area contributed by atoms with Crippen molar-refractivity contribution in [3.63, 3.8) is 0 Å². The summed E-state index contributed by atoms with van der Waals surface area (Å²) in [5.41, 5.74) is 1.28. The van der Waals surface area contributed by atoms with Crippen molar-refractivity contribution in [1.82, 2.24) is 4.90 Å². The first-order valence-electron chi connectivity index (χ1n) is 7.10. The molecule has 4 nitrogen and oxygen atoms in total. The lowest BCUT2D eigenvalue weighted by atomic mass is 10.1. The molecule has 114 valence electrons. The number of carbonyl (C=O) groups excluding carboxylic acids is 1. The van der Waals surface area contributed by atoms with Gasteiger partial charge in [-0.05, 0) is 26.0 Å². The lowest BCUT2D eigenvalue weighted by molar-refractivity contribution is 0.0634. The summed E-state index contributed by atoms with van der Waals surface area (Å²) in [5.74, 6) is 5.77. The first-order valence-corrected chi connectivity index (χ1v) is 7.10. The highest BCUT2D eigenvalue weighted by molar-refractivity contribution is 5.96. The van der Waals surface area contributed by atoms with Crippen LogP contribution in [0.2, 0.25) is 0 Å². The van der Waals surface area contributed by atoms with Gasteiger partial charge in [-0.15, -0.1) is 0 Å². The Morgan fingerprint density at radius 3 is 2.71 bits per heavy atom. The van der Waals surface area contributed by atoms with Crippen LogP contribution in [-0.2, 0) is 4.74 Å². The summed E-state index contributed by atoms with van der Waals surface area (Å²) in [6.07, 6.45) is 0.403. The number of hydrogen-bond donors (Lipinski definition) is 1. The summed E-state index contributed by atoms with van der Waals surface area (Å²) in [7, 11) is 1.62. The van der Waals surface area contributed by atoms with Gasteiger partial charge in [0.25, 0.3) is 5.91 Å². The number of benzene rings is 1. The number of ether oxygens (including phenoxy) is 1. The Balaban J connectivity index is 3.02. The molecule has 0 saturated carbocycles. The zero-order valence-electron chi connectivity index (χ0n) is 12.9. The number of aliphatic hydroxyl groups excluding tert-OH is 1. The molecule has 0 radical (unpaired) electrons. The molecule has 0 fully saturated rings. The van der Waals surface area contributed by atoms with Crippen LogP contribution in [0.3, 0.4) is 0 Å². The van der Waals surface area contributed by atoms with E-state index in [4.69, 9.17) is 9.84 Å². The summed E-state index contributed by atoms with van der Waals surface area (Å²) in [4.78, 5) is 14.5. The van der Waals surface area contributed by atoms with E-state index in [0.717, 1.165) is 0 Å². The molecule has 21 heavy (non-hydrogen) atoms. The van der Waals surface area contributed by atoms with Crippen molar-refractivity contribution in [2.24, 2.45) is 0 Å². The quantitative estimate of drug-likeness (QED) is 0.814. The maximum Gasteiger partial charge on any atom is 0.255 e. The first kappa shape index (κ1) is 17.2. The number of hydrogen-bond acceptors (Lipinski definition) is 3. The fraction of sp³-hybridized carbons (Fsp3) is 0.471. The molecule has 1 N–H and O–H groups in total. The Labute approximate surface area is 126 Å². The molecule has 0 aromatic heterocycles. The smallest absolute Gasteiger partial charge is 0.255 e. The van der Waals surface area contributed by atoms with E-state index >= 15 is 0 Å². The molecule has 1 amide bonds. The van der Waals surface area contributed by atoms with Crippen molar-refractivity contribution in [2.75, 3.05) is 26.9 Å². The standard InChI is InChI=1S/C17H23NO3/c1-14(2)18(11-13-21-3)17(20)16-10-5-4-8-15(16)9-6-7-12-19/h4-5,8,10,14,19H,7,11-13H2,1-3H3. The summed E-state index contributed by atoms with van der Waals surface area (Å²) in [5, 5.41) is 8.79. The Bertz CT molecular complexity index is 514. The van der Waals surface area contributed by atoms with Gasteiger partial charge in [0.05, 0.1) is 18.8 Å². The number of amides is 1. The second-order valence-electron chi connectivity index (χ2n) is 4.91. The third-order valence-corrected chi connectivity index (χ3v) is 3.04. The van der Waals surface area contributed by atoms with E-state index in [9.17, 15) is 4.79 Å². The van der Waals surface area contributed by atoms with Gasteiger partial charge < -0.3 is 14.7 Å². The minimum atomic E-state index is -0.0454. The highest BCUT2D eigenvalue weighted by Crippen LogP contribution is 2.13. The van der Waals surface area contributed by atoms with Crippen LogP contribution in [0.5, 0.6) is 0 Å². The first-order chi connectivity index (χ1) is 10.1. The molecule has 0 heterocycles. The molecule has 0 spiro atoms. The number of methoxy groups -OCH3 is 1. The lowest BCUT2D eigenvalue weighted by Gasteiger charge is -2.27. The van der Waals surface area contributed by atoms with Crippen molar-refractivity contribution in [3.05, 3.63) is 35.4 Å². The van der Waals surface area contributed by atoms with Crippen molar-refractivity contribution in [1.29, 1.82) is 0 Å². The molecule has 0 atom stereocenters. The molecule has 4 heteroatoms. The van der Waals surface area contributed by atoms with E-state index in [2.05, 4.69) is 11.8 Å². The van der Waals surface area contributed by atoms with Crippen molar-refractivity contribution >= 4 is 5.91 Å². The highest BCUT2D eigenvalue weighted by atomic mass is 16.5. The molecule has 0 saturated heterocycles. The summed E-state index contributed by atoms with van der Waals surface area (Å²) in [6.45, 7) is 5.03. The van der Waals surface area contributed by atoms with Gasteiger partial charge in [0.1, 0.15) is 0 Å². The molecule has 0 bridgehead atoms. The van der Waals surface area contributed by atoms with E-state index in [0.29, 0.717) is 30.7 Å². The molecular weight excluding hydrogens is 266 g/mol. The van der Waals surface area contributed by atoms with Gasteiger partial charge in [0.15, 0.2) is 0 Å². The van der Waals surface area contributed by atoms with E-state index in [-0.39, 0.29) is 18.6 Å². The molecule has 1 aromatic rings. The summed E-state index contributed by atoms with van der Waals surface area (Å²) < 4.78 is 5.07. The fourth-order valence-electron chi connectivity index (χ4n) is 1.93. The second kappa shape index (κ2) is 9.17. The fourth-order valence-corrected chi connectivity index (χ4v) is 1.93. The van der Waals surface area contributed by atoms with Gasteiger partial charge in [-0.2, -0.15) is 0 Å². The number of carbonyl (C=O) groups is 1. The van der Waals surface area contributed by atoms with Crippen LogP contribution in [0, 0.1) is 11.8 Å². The normalized spacial score (nSPS) is 10.1. The van der Waals surface area contributed by atoms with Crippen molar-refractivity contribution in [2.45, 2.75) is 26.3 Å². The minimum absolute atomic E-state index is 0.0229. The molecule has 0 unspecified atom stereocenters. The van der Waals surface area contributed by atoms with Gasteiger partial charge >= 0.3 is 0 Å². The molecule has 1 rings (SSSR count). The number of rotatable bonds is 6. The van der Waals surface area contributed by atoms with E-state index in [1.165, 1.54) is 0 Å². The number of nitrogens with zero attached hydrogens (tertiary/aromatic N) is 1. The van der Waals surface area contributed by atoms with E-state index in [1.54, 1.807) is 18.1 Å². The predicted octanol–water partition coefficient (Wildman–Crippen LogP) is 1.92. The molecule has 1 aromatic carbocycles. The zero-order valence-corrected chi connectivity index (χ0v) is 12.9. The van der Waals surface area contributed by atoms with Crippen molar-refractivity contribution in [3.8, 4) is 11.8 Å². The van der Waals surface area contributed by atoms with Crippen LogP contribution in [0.1, 0.15) is 36.2 Å². The van der Waals surface area contributed by atoms with Crippen LogP contribution >= 0.6 is 0 Å².